The summed E-state index contributed by atoms with van der Waals surface area (Å²) < 4.78 is 5.33. The van der Waals surface area contributed by atoms with Gasteiger partial charge in [-0.2, -0.15) is 0 Å². The molecule has 0 radical (unpaired) electrons. The normalized spacial score (nSPS) is 17.6. The third-order valence-corrected chi connectivity index (χ3v) is 3.26. The number of ketones is 1. The van der Waals surface area contributed by atoms with Gasteiger partial charge in [0.15, 0.2) is 5.78 Å². The molecule has 0 spiro atoms. The van der Waals surface area contributed by atoms with Crippen LogP contribution in [0.1, 0.15) is 34.6 Å². The Hall–Kier alpha value is -1.19. The zero-order valence-corrected chi connectivity index (χ0v) is 13.6. The summed E-state index contributed by atoms with van der Waals surface area (Å²) in [7, 11) is 0. The number of Topliss-reactive ketones (excluding diaryl/α,β-unsaturated/α-hetero) is 1. The Labute approximate surface area is 124 Å². The smallest absolute Gasteiger partial charge is 0.182 e. The summed E-state index contributed by atoms with van der Waals surface area (Å²) in [5.74, 6) is 0.127. The molecule has 0 N–H and O–H groups in total. The molecule has 0 aromatic rings. The fourth-order valence-electron chi connectivity index (χ4n) is 2.13. The Bertz CT molecular complexity index is 361. The Morgan fingerprint density at radius 1 is 1.25 bits per heavy atom. The van der Waals surface area contributed by atoms with Gasteiger partial charge in [-0.1, -0.05) is 44.7 Å². The van der Waals surface area contributed by atoms with E-state index in [4.69, 9.17) is 4.74 Å². The van der Waals surface area contributed by atoms with Crippen LogP contribution in [0.4, 0.5) is 0 Å². The average Bonchev–Trinajstić information content (AvgIpc) is 2.49. The van der Waals surface area contributed by atoms with Crippen molar-refractivity contribution in [2.45, 2.75) is 40.2 Å². The molecular formula is C17H29NO2. The second-order valence-corrected chi connectivity index (χ2v) is 4.85. The third-order valence-electron chi connectivity index (χ3n) is 3.26. The lowest BCUT2D eigenvalue weighted by Gasteiger charge is -2.39. The fourth-order valence-corrected chi connectivity index (χ4v) is 2.13. The molecule has 0 aliphatic carbocycles. The van der Waals surface area contributed by atoms with E-state index in [0.717, 1.165) is 13.1 Å². The van der Waals surface area contributed by atoms with Crippen molar-refractivity contribution >= 4 is 5.78 Å². The first kappa shape index (κ1) is 18.8. The molecule has 0 amide bonds. The number of hydrogen-bond donors (Lipinski definition) is 0. The molecule has 20 heavy (non-hydrogen) atoms. The second kappa shape index (κ2) is 9.67. The van der Waals surface area contributed by atoms with Gasteiger partial charge >= 0.3 is 0 Å². The zero-order chi connectivity index (χ0) is 15.6. The van der Waals surface area contributed by atoms with Gasteiger partial charge in [-0.05, 0) is 20.8 Å². The SMILES string of the molecule is C=C/C=C(\C=C/C)C(=O)C(C)(C)N1CCOCC1.CC. The second-order valence-electron chi connectivity index (χ2n) is 4.85. The Morgan fingerprint density at radius 2 is 1.80 bits per heavy atom. The fraction of sp³-hybridized carbons (Fsp3) is 0.588. The standard InChI is InChI=1S/C15H23NO2.C2H6/c1-5-7-13(8-6-2)14(17)15(3,4)16-9-11-18-12-10-16;1-2/h5-8H,1,9-12H2,2-4H3;1-2H3/b8-6-,13-7+;. The highest BCUT2D eigenvalue weighted by Crippen LogP contribution is 2.21. The number of carbonyl (C=O) groups is 1. The molecule has 0 aromatic carbocycles. The minimum atomic E-state index is -0.502. The predicted molar refractivity (Wildman–Crippen MR) is 85.9 cm³/mol. The van der Waals surface area contributed by atoms with Crippen LogP contribution in [0.2, 0.25) is 0 Å². The van der Waals surface area contributed by atoms with Crippen LogP contribution in [-0.2, 0) is 9.53 Å². The molecule has 1 fully saturated rings. The van der Waals surface area contributed by atoms with Crippen molar-refractivity contribution < 1.29 is 9.53 Å². The highest BCUT2D eigenvalue weighted by Gasteiger charge is 2.36. The van der Waals surface area contributed by atoms with Crippen molar-refractivity contribution in [3.63, 3.8) is 0 Å². The van der Waals surface area contributed by atoms with E-state index >= 15 is 0 Å². The molecule has 1 saturated heterocycles. The maximum atomic E-state index is 12.6. The van der Waals surface area contributed by atoms with Gasteiger partial charge in [0.1, 0.15) is 0 Å². The van der Waals surface area contributed by atoms with Gasteiger partial charge in [-0.15, -0.1) is 0 Å². The minimum Gasteiger partial charge on any atom is -0.379 e. The third kappa shape index (κ3) is 5.06. The van der Waals surface area contributed by atoms with Gasteiger partial charge in [-0.3, -0.25) is 9.69 Å². The topological polar surface area (TPSA) is 29.5 Å². The minimum absolute atomic E-state index is 0.127. The van der Waals surface area contributed by atoms with E-state index in [0.29, 0.717) is 18.8 Å². The molecule has 114 valence electrons. The predicted octanol–water partition coefficient (Wildman–Crippen LogP) is 3.38. The summed E-state index contributed by atoms with van der Waals surface area (Å²) in [6, 6.07) is 0. The molecule has 0 saturated carbocycles. The van der Waals surface area contributed by atoms with Crippen molar-refractivity contribution in [1.82, 2.24) is 4.90 Å². The van der Waals surface area contributed by atoms with Crippen LogP contribution in [0.5, 0.6) is 0 Å². The van der Waals surface area contributed by atoms with Crippen LogP contribution in [0.25, 0.3) is 0 Å². The largest absolute Gasteiger partial charge is 0.379 e. The lowest BCUT2D eigenvalue weighted by Crippen LogP contribution is -2.54. The molecule has 1 rings (SSSR count). The number of morpholine rings is 1. The quantitative estimate of drug-likeness (QED) is 0.571. The van der Waals surface area contributed by atoms with Crippen molar-refractivity contribution in [1.29, 1.82) is 0 Å². The number of carbonyl (C=O) groups excluding carboxylic acids is 1. The molecule has 0 atom stereocenters. The van der Waals surface area contributed by atoms with E-state index in [-0.39, 0.29) is 5.78 Å². The summed E-state index contributed by atoms with van der Waals surface area (Å²) >= 11 is 0. The van der Waals surface area contributed by atoms with E-state index in [9.17, 15) is 4.79 Å². The van der Waals surface area contributed by atoms with Crippen LogP contribution < -0.4 is 0 Å². The van der Waals surface area contributed by atoms with E-state index in [1.807, 2.05) is 46.8 Å². The van der Waals surface area contributed by atoms with Gasteiger partial charge in [0, 0.05) is 18.7 Å². The molecule has 0 aromatic heterocycles. The Morgan fingerprint density at radius 3 is 2.25 bits per heavy atom. The van der Waals surface area contributed by atoms with Crippen molar-refractivity contribution in [2.24, 2.45) is 0 Å². The molecule has 3 heteroatoms. The highest BCUT2D eigenvalue weighted by atomic mass is 16.5. The molecule has 0 bridgehead atoms. The van der Waals surface area contributed by atoms with E-state index in [1.165, 1.54) is 0 Å². The van der Waals surface area contributed by atoms with Crippen LogP contribution in [0.3, 0.4) is 0 Å². The number of allylic oxidation sites excluding steroid dienone is 4. The molecule has 1 aliphatic heterocycles. The van der Waals surface area contributed by atoms with E-state index in [2.05, 4.69) is 11.5 Å². The lowest BCUT2D eigenvalue weighted by atomic mass is 9.90. The van der Waals surface area contributed by atoms with Gasteiger partial charge in [0.2, 0.25) is 0 Å². The van der Waals surface area contributed by atoms with Crippen LogP contribution >= 0.6 is 0 Å². The average molecular weight is 279 g/mol. The summed E-state index contributed by atoms with van der Waals surface area (Å²) in [5, 5.41) is 0. The van der Waals surface area contributed by atoms with E-state index in [1.54, 1.807) is 12.2 Å². The molecular weight excluding hydrogens is 250 g/mol. The maximum Gasteiger partial charge on any atom is 0.182 e. The summed E-state index contributed by atoms with van der Waals surface area (Å²) in [5.41, 5.74) is 0.196. The van der Waals surface area contributed by atoms with Crippen LogP contribution in [0, 0.1) is 0 Å². The first-order chi connectivity index (χ1) is 9.54. The van der Waals surface area contributed by atoms with Crippen molar-refractivity contribution in [3.05, 3.63) is 36.5 Å². The lowest BCUT2D eigenvalue weighted by molar-refractivity contribution is -0.128. The summed E-state index contributed by atoms with van der Waals surface area (Å²) in [6.07, 6.45) is 7.14. The van der Waals surface area contributed by atoms with Gasteiger partial charge in [-0.25, -0.2) is 0 Å². The number of ether oxygens (including phenoxy) is 1. The molecule has 0 unspecified atom stereocenters. The van der Waals surface area contributed by atoms with Crippen molar-refractivity contribution in [3.8, 4) is 0 Å². The Balaban J connectivity index is 0.00000172. The molecule has 1 heterocycles. The first-order valence-electron chi connectivity index (χ1n) is 7.37. The maximum absolute atomic E-state index is 12.6. The van der Waals surface area contributed by atoms with Gasteiger partial charge in [0.25, 0.3) is 0 Å². The zero-order valence-electron chi connectivity index (χ0n) is 13.6. The molecule has 1 aliphatic rings. The number of rotatable bonds is 5. The number of nitrogens with zero attached hydrogens (tertiary/aromatic N) is 1. The van der Waals surface area contributed by atoms with E-state index < -0.39 is 5.54 Å². The molecule has 3 nitrogen and oxygen atoms in total. The Kier molecular flexibility index (Phi) is 9.10. The number of hydrogen-bond acceptors (Lipinski definition) is 3. The summed E-state index contributed by atoms with van der Waals surface area (Å²) in [4.78, 5) is 14.8. The van der Waals surface area contributed by atoms with Crippen LogP contribution in [-0.4, -0.2) is 42.5 Å². The highest BCUT2D eigenvalue weighted by molar-refractivity contribution is 6.04. The van der Waals surface area contributed by atoms with Gasteiger partial charge < -0.3 is 4.74 Å². The monoisotopic (exact) mass is 279 g/mol. The van der Waals surface area contributed by atoms with Gasteiger partial charge in [0.05, 0.1) is 18.8 Å². The van der Waals surface area contributed by atoms with Crippen LogP contribution in [0.15, 0.2) is 36.5 Å². The summed E-state index contributed by atoms with van der Waals surface area (Å²) in [6.45, 7) is 16.5. The first-order valence-corrected chi connectivity index (χ1v) is 7.37. The van der Waals surface area contributed by atoms with Crippen molar-refractivity contribution in [2.75, 3.05) is 26.3 Å².